The number of rotatable bonds is 7. The van der Waals surface area contributed by atoms with E-state index in [0.29, 0.717) is 12.3 Å². The van der Waals surface area contributed by atoms with Crippen molar-refractivity contribution in [2.75, 3.05) is 36.2 Å². The Morgan fingerprint density at radius 3 is 2.54 bits per heavy atom. The predicted octanol–water partition coefficient (Wildman–Crippen LogP) is 3.61. The van der Waals surface area contributed by atoms with Gasteiger partial charge in [0.25, 0.3) is 5.91 Å². The van der Waals surface area contributed by atoms with Crippen LogP contribution in [0.15, 0.2) is 60.3 Å². The summed E-state index contributed by atoms with van der Waals surface area (Å²) in [7, 11) is 3.89. The van der Waals surface area contributed by atoms with E-state index in [4.69, 9.17) is 4.74 Å². The van der Waals surface area contributed by atoms with Gasteiger partial charge in [-0.3, -0.25) is 4.79 Å². The molecule has 0 aliphatic heterocycles. The number of benzene rings is 2. The molecule has 0 bridgehead atoms. The molecule has 2 N–H and O–H groups in total. The van der Waals surface area contributed by atoms with E-state index in [1.54, 1.807) is 24.3 Å². The van der Waals surface area contributed by atoms with E-state index in [2.05, 4.69) is 10.6 Å². The van der Waals surface area contributed by atoms with E-state index in [1.165, 1.54) is 6.20 Å². The molecule has 0 unspecified atom stereocenters. The zero-order valence-corrected chi connectivity index (χ0v) is 15.1. The number of nitriles is 1. The van der Waals surface area contributed by atoms with Crippen LogP contribution in [-0.2, 0) is 4.79 Å². The van der Waals surface area contributed by atoms with E-state index in [9.17, 15) is 10.1 Å². The standard InChI is InChI=1S/C20H22N4O2/c1-4-26-19-10-8-16(9-11-19)23-20(25)15(13-21)14-22-17-6-5-7-18(12-17)24(2)3/h5-12,14,22H,4H2,1-3H3,(H,23,25)/b15-14-. The van der Waals surface area contributed by atoms with Crippen LogP contribution in [0.25, 0.3) is 0 Å². The second kappa shape index (κ2) is 9.14. The van der Waals surface area contributed by atoms with Crippen LogP contribution in [0.2, 0.25) is 0 Å². The summed E-state index contributed by atoms with van der Waals surface area (Å²) in [6.45, 7) is 2.48. The van der Waals surface area contributed by atoms with Crippen molar-refractivity contribution in [1.82, 2.24) is 0 Å². The zero-order chi connectivity index (χ0) is 18.9. The van der Waals surface area contributed by atoms with Gasteiger partial charge in [-0.05, 0) is 49.4 Å². The van der Waals surface area contributed by atoms with Gasteiger partial charge in [0, 0.05) is 37.4 Å². The molecule has 0 saturated heterocycles. The van der Waals surface area contributed by atoms with Crippen LogP contribution >= 0.6 is 0 Å². The number of ether oxygens (including phenoxy) is 1. The van der Waals surface area contributed by atoms with Crippen LogP contribution in [0.1, 0.15) is 6.92 Å². The highest BCUT2D eigenvalue weighted by molar-refractivity contribution is 6.06. The number of carbonyl (C=O) groups is 1. The van der Waals surface area contributed by atoms with Gasteiger partial charge in [0.2, 0.25) is 0 Å². The summed E-state index contributed by atoms with van der Waals surface area (Å²) in [6.07, 6.45) is 1.40. The molecular formula is C20H22N4O2. The summed E-state index contributed by atoms with van der Waals surface area (Å²) in [5.74, 6) is 0.247. The Balaban J connectivity index is 2.04. The fourth-order valence-electron chi connectivity index (χ4n) is 2.18. The maximum absolute atomic E-state index is 12.3. The molecule has 134 valence electrons. The van der Waals surface area contributed by atoms with Crippen LogP contribution < -0.4 is 20.3 Å². The highest BCUT2D eigenvalue weighted by Crippen LogP contribution is 2.18. The summed E-state index contributed by atoms with van der Waals surface area (Å²) in [6, 6.07) is 16.6. The highest BCUT2D eigenvalue weighted by atomic mass is 16.5. The molecule has 2 aromatic rings. The Kier molecular flexibility index (Phi) is 6.63. The van der Waals surface area contributed by atoms with Gasteiger partial charge >= 0.3 is 0 Å². The lowest BCUT2D eigenvalue weighted by molar-refractivity contribution is -0.112. The average molecular weight is 350 g/mol. The minimum absolute atomic E-state index is 0.0193. The predicted molar refractivity (Wildman–Crippen MR) is 104 cm³/mol. The molecule has 0 saturated carbocycles. The van der Waals surface area contributed by atoms with Gasteiger partial charge in [-0.2, -0.15) is 5.26 Å². The number of nitrogens with zero attached hydrogens (tertiary/aromatic N) is 2. The van der Waals surface area contributed by atoms with E-state index < -0.39 is 5.91 Å². The first-order valence-electron chi connectivity index (χ1n) is 8.22. The quantitative estimate of drug-likeness (QED) is 0.589. The van der Waals surface area contributed by atoms with Crippen LogP contribution in [0.3, 0.4) is 0 Å². The van der Waals surface area contributed by atoms with Crippen molar-refractivity contribution in [2.45, 2.75) is 6.92 Å². The highest BCUT2D eigenvalue weighted by Gasteiger charge is 2.09. The Labute approximate surface area is 153 Å². The van der Waals surface area contributed by atoms with Gasteiger partial charge < -0.3 is 20.3 Å². The molecule has 0 heterocycles. The topological polar surface area (TPSA) is 77.4 Å². The van der Waals surface area contributed by atoms with Crippen molar-refractivity contribution < 1.29 is 9.53 Å². The number of hydrogen-bond acceptors (Lipinski definition) is 5. The summed E-state index contributed by atoms with van der Waals surface area (Å²) in [5, 5.41) is 14.9. The first-order valence-corrected chi connectivity index (χ1v) is 8.22. The fraction of sp³-hybridized carbons (Fsp3) is 0.200. The minimum atomic E-state index is -0.479. The molecule has 6 heteroatoms. The lowest BCUT2D eigenvalue weighted by atomic mass is 10.2. The van der Waals surface area contributed by atoms with E-state index in [1.807, 2.05) is 56.3 Å². The Morgan fingerprint density at radius 1 is 1.19 bits per heavy atom. The SMILES string of the molecule is CCOc1ccc(NC(=O)/C(C#N)=C\Nc2cccc(N(C)C)c2)cc1. The average Bonchev–Trinajstić information content (AvgIpc) is 2.64. The molecule has 26 heavy (non-hydrogen) atoms. The van der Waals surface area contributed by atoms with Crippen molar-refractivity contribution in [1.29, 1.82) is 5.26 Å². The summed E-state index contributed by atoms with van der Waals surface area (Å²) in [5.41, 5.74) is 2.38. The van der Waals surface area contributed by atoms with Gasteiger partial charge in [-0.15, -0.1) is 0 Å². The first kappa shape index (κ1) is 18.9. The Bertz CT molecular complexity index is 820. The van der Waals surface area contributed by atoms with Gasteiger partial charge in [-0.25, -0.2) is 0 Å². The van der Waals surface area contributed by atoms with Crippen LogP contribution in [0, 0.1) is 11.3 Å². The minimum Gasteiger partial charge on any atom is -0.494 e. The molecule has 6 nitrogen and oxygen atoms in total. The van der Waals surface area contributed by atoms with Crippen molar-refractivity contribution in [3.8, 4) is 11.8 Å². The first-order chi connectivity index (χ1) is 12.5. The van der Waals surface area contributed by atoms with Crippen LogP contribution in [0.5, 0.6) is 5.75 Å². The zero-order valence-electron chi connectivity index (χ0n) is 15.1. The number of amides is 1. The molecular weight excluding hydrogens is 328 g/mol. The maximum atomic E-state index is 12.3. The third kappa shape index (κ3) is 5.28. The number of carbonyl (C=O) groups excluding carboxylic acids is 1. The van der Waals surface area contributed by atoms with Crippen molar-refractivity contribution in [3.05, 3.63) is 60.3 Å². The lowest BCUT2D eigenvalue weighted by Gasteiger charge is -2.13. The van der Waals surface area contributed by atoms with E-state index >= 15 is 0 Å². The van der Waals surface area contributed by atoms with Crippen LogP contribution in [0.4, 0.5) is 17.1 Å². The molecule has 0 aliphatic rings. The molecule has 2 aromatic carbocycles. The molecule has 0 radical (unpaired) electrons. The molecule has 1 amide bonds. The second-order valence-electron chi connectivity index (χ2n) is 5.67. The molecule has 0 aromatic heterocycles. The fourth-order valence-corrected chi connectivity index (χ4v) is 2.18. The largest absolute Gasteiger partial charge is 0.494 e. The summed E-state index contributed by atoms with van der Waals surface area (Å²) in [4.78, 5) is 14.2. The molecule has 0 fully saturated rings. The number of nitrogens with one attached hydrogen (secondary N) is 2. The monoisotopic (exact) mass is 350 g/mol. The van der Waals surface area contributed by atoms with Crippen molar-refractivity contribution >= 4 is 23.0 Å². The molecule has 0 spiro atoms. The smallest absolute Gasteiger partial charge is 0.267 e. The second-order valence-corrected chi connectivity index (χ2v) is 5.67. The molecule has 0 aliphatic carbocycles. The molecule has 2 rings (SSSR count). The number of hydrogen-bond donors (Lipinski definition) is 2. The van der Waals surface area contributed by atoms with Gasteiger partial charge in [0.1, 0.15) is 17.4 Å². The number of anilines is 3. The normalized spacial score (nSPS) is 10.6. The Hall–Kier alpha value is -3.46. The molecule has 0 atom stereocenters. The van der Waals surface area contributed by atoms with Crippen molar-refractivity contribution in [3.63, 3.8) is 0 Å². The van der Waals surface area contributed by atoms with E-state index in [-0.39, 0.29) is 5.57 Å². The van der Waals surface area contributed by atoms with Gasteiger partial charge in [-0.1, -0.05) is 6.07 Å². The van der Waals surface area contributed by atoms with Gasteiger partial charge in [0.05, 0.1) is 6.61 Å². The summed E-state index contributed by atoms with van der Waals surface area (Å²) >= 11 is 0. The van der Waals surface area contributed by atoms with Crippen molar-refractivity contribution in [2.24, 2.45) is 0 Å². The van der Waals surface area contributed by atoms with Crippen LogP contribution in [-0.4, -0.2) is 26.6 Å². The summed E-state index contributed by atoms with van der Waals surface area (Å²) < 4.78 is 5.36. The third-order valence-electron chi connectivity index (χ3n) is 3.53. The third-order valence-corrected chi connectivity index (χ3v) is 3.53. The van der Waals surface area contributed by atoms with Gasteiger partial charge in [0.15, 0.2) is 0 Å². The maximum Gasteiger partial charge on any atom is 0.267 e. The lowest BCUT2D eigenvalue weighted by Crippen LogP contribution is -2.14. The van der Waals surface area contributed by atoms with E-state index in [0.717, 1.165) is 17.1 Å². The Morgan fingerprint density at radius 2 is 1.92 bits per heavy atom.